The van der Waals surface area contributed by atoms with Gasteiger partial charge in [-0.25, -0.2) is 0 Å². The predicted molar refractivity (Wildman–Crippen MR) is 109 cm³/mol. The van der Waals surface area contributed by atoms with E-state index < -0.39 is 17.8 Å². The molecule has 0 bridgehead atoms. The molecule has 146 valence electrons. The molecule has 0 radical (unpaired) electrons. The molecular formula is C22H22ClNO4. The molecule has 5 nitrogen and oxygen atoms in total. The lowest BCUT2D eigenvalue weighted by atomic mass is 9.76. The highest BCUT2D eigenvalue weighted by Crippen LogP contribution is 2.35. The fraction of sp³-hybridized carbons (Fsp3) is 0.273. The lowest BCUT2D eigenvalue weighted by molar-refractivity contribution is -0.146. The second-order valence-corrected chi connectivity index (χ2v) is 7.53. The van der Waals surface area contributed by atoms with Gasteiger partial charge in [-0.15, -0.1) is 0 Å². The van der Waals surface area contributed by atoms with E-state index in [1.165, 1.54) is 0 Å². The van der Waals surface area contributed by atoms with Crippen LogP contribution >= 0.6 is 11.6 Å². The van der Waals surface area contributed by atoms with Gasteiger partial charge < -0.3 is 15.2 Å². The van der Waals surface area contributed by atoms with Crippen molar-refractivity contribution in [3.05, 3.63) is 64.7 Å². The molecule has 0 heterocycles. The largest absolute Gasteiger partial charge is 0.481 e. The number of nitrogens with one attached hydrogen (secondary N) is 1. The number of carbonyl (C=O) groups is 2. The number of halogens is 1. The summed E-state index contributed by atoms with van der Waals surface area (Å²) in [5.74, 6) is -1.20. The standard InChI is InChI=1S/C22H22ClNO4/c1-13-11-19(20(22(26)27)12-14(13)2)21(25)24-16-5-9-18(10-6-16)28-17-7-3-15(23)4-8-17/h3-10,19-20H,11-12H2,1-2H3,(H,24,25)(H,26,27)/t19-,20-/m0/s1. The van der Waals surface area contributed by atoms with Gasteiger partial charge >= 0.3 is 5.97 Å². The van der Waals surface area contributed by atoms with Crippen LogP contribution in [0.5, 0.6) is 11.5 Å². The minimum Gasteiger partial charge on any atom is -0.481 e. The zero-order valence-corrected chi connectivity index (χ0v) is 16.5. The van der Waals surface area contributed by atoms with Crippen LogP contribution in [0.1, 0.15) is 26.7 Å². The molecular weight excluding hydrogens is 378 g/mol. The molecule has 0 saturated heterocycles. The zero-order chi connectivity index (χ0) is 20.3. The number of anilines is 1. The number of hydrogen-bond acceptors (Lipinski definition) is 3. The second-order valence-electron chi connectivity index (χ2n) is 7.09. The van der Waals surface area contributed by atoms with Crippen LogP contribution in [0.2, 0.25) is 5.02 Å². The van der Waals surface area contributed by atoms with Crippen LogP contribution in [0.15, 0.2) is 59.7 Å². The van der Waals surface area contributed by atoms with Gasteiger partial charge in [0, 0.05) is 10.7 Å². The Morgan fingerprint density at radius 3 is 1.96 bits per heavy atom. The van der Waals surface area contributed by atoms with Crippen molar-refractivity contribution in [1.29, 1.82) is 0 Å². The van der Waals surface area contributed by atoms with Gasteiger partial charge in [0.2, 0.25) is 5.91 Å². The summed E-state index contributed by atoms with van der Waals surface area (Å²) < 4.78 is 5.73. The fourth-order valence-corrected chi connectivity index (χ4v) is 3.43. The average molecular weight is 400 g/mol. The van der Waals surface area contributed by atoms with E-state index in [9.17, 15) is 14.7 Å². The third kappa shape index (κ3) is 4.73. The van der Waals surface area contributed by atoms with Crippen molar-refractivity contribution < 1.29 is 19.4 Å². The molecule has 2 aromatic carbocycles. The highest BCUT2D eigenvalue weighted by molar-refractivity contribution is 6.30. The third-order valence-corrected chi connectivity index (χ3v) is 5.34. The Kier molecular flexibility index (Phi) is 6.05. The highest BCUT2D eigenvalue weighted by Gasteiger charge is 2.37. The maximum atomic E-state index is 12.7. The highest BCUT2D eigenvalue weighted by atomic mass is 35.5. The second kappa shape index (κ2) is 8.48. The van der Waals surface area contributed by atoms with Gasteiger partial charge in [-0.05, 0) is 75.2 Å². The summed E-state index contributed by atoms with van der Waals surface area (Å²) in [6.45, 7) is 3.88. The Labute approximate surface area is 169 Å². The van der Waals surface area contributed by atoms with Crippen molar-refractivity contribution in [2.45, 2.75) is 26.7 Å². The summed E-state index contributed by atoms with van der Waals surface area (Å²) >= 11 is 5.86. The van der Waals surface area contributed by atoms with E-state index in [2.05, 4.69) is 5.32 Å². The van der Waals surface area contributed by atoms with E-state index in [1.807, 2.05) is 13.8 Å². The fourth-order valence-electron chi connectivity index (χ4n) is 3.31. The maximum absolute atomic E-state index is 12.7. The Hall–Kier alpha value is -2.79. The SMILES string of the molecule is CC1=C(C)C[C@H](C(=O)Nc2ccc(Oc3ccc(Cl)cc3)cc2)[C@@H](C(=O)O)C1. The quantitative estimate of drug-likeness (QED) is 0.649. The smallest absolute Gasteiger partial charge is 0.307 e. The Morgan fingerprint density at radius 1 is 0.929 bits per heavy atom. The first-order valence-corrected chi connectivity index (χ1v) is 9.43. The summed E-state index contributed by atoms with van der Waals surface area (Å²) in [5.41, 5.74) is 2.74. The van der Waals surface area contributed by atoms with Crippen molar-refractivity contribution in [3.63, 3.8) is 0 Å². The van der Waals surface area contributed by atoms with Crippen LogP contribution in [-0.2, 0) is 9.59 Å². The zero-order valence-electron chi connectivity index (χ0n) is 15.7. The molecule has 28 heavy (non-hydrogen) atoms. The summed E-state index contributed by atoms with van der Waals surface area (Å²) in [7, 11) is 0. The van der Waals surface area contributed by atoms with E-state index in [0.29, 0.717) is 35.1 Å². The lowest BCUT2D eigenvalue weighted by Gasteiger charge is -2.29. The van der Waals surface area contributed by atoms with Gasteiger partial charge in [-0.2, -0.15) is 0 Å². The van der Waals surface area contributed by atoms with E-state index in [1.54, 1.807) is 48.5 Å². The molecule has 1 amide bonds. The number of benzene rings is 2. The molecule has 0 fully saturated rings. The lowest BCUT2D eigenvalue weighted by Crippen LogP contribution is -2.36. The number of amides is 1. The monoisotopic (exact) mass is 399 g/mol. The summed E-state index contributed by atoms with van der Waals surface area (Å²) in [5, 5.41) is 13.0. The van der Waals surface area contributed by atoms with Gasteiger partial charge in [-0.1, -0.05) is 22.7 Å². The molecule has 3 rings (SSSR count). The van der Waals surface area contributed by atoms with Crippen LogP contribution in [0.4, 0.5) is 5.69 Å². The van der Waals surface area contributed by atoms with Crippen LogP contribution < -0.4 is 10.1 Å². The molecule has 0 saturated carbocycles. The van der Waals surface area contributed by atoms with Crippen LogP contribution in [0, 0.1) is 11.8 Å². The van der Waals surface area contributed by atoms with Crippen molar-refractivity contribution in [2.24, 2.45) is 11.8 Å². The maximum Gasteiger partial charge on any atom is 0.307 e. The number of carboxylic acids is 1. The number of hydrogen-bond donors (Lipinski definition) is 2. The number of rotatable bonds is 5. The minimum absolute atomic E-state index is 0.273. The molecule has 2 atom stereocenters. The number of carbonyl (C=O) groups excluding carboxylic acids is 1. The number of aliphatic carboxylic acids is 1. The molecule has 1 aliphatic rings. The van der Waals surface area contributed by atoms with Crippen molar-refractivity contribution in [3.8, 4) is 11.5 Å². The Bertz CT molecular complexity index is 903. The predicted octanol–water partition coefficient (Wildman–Crippen LogP) is 5.52. The number of allylic oxidation sites excluding steroid dienone is 2. The third-order valence-electron chi connectivity index (χ3n) is 5.09. The molecule has 0 unspecified atom stereocenters. The number of carboxylic acid groups (broad SMARTS) is 1. The average Bonchev–Trinajstić information content (AvgIpc) is 2.66. The topological polar surface area (TPSA) is 75.6 Å². The van der Waals surface area contributed by atoms with Crippen molar-refractivity contribution in [1.82, 2.24) is 0 Å². The minimum atomic E-state index is -0.932. The molecule has 0 aliphatic heterocycles. The summed E-state index contributed by atoms with van der Waals surface area (Å²) in [4.78, 5) is 24.3. The van der Waals surface area contributed by atoms with E-state index in [0.717, 1.165) is 11.1 Å². The molecule has 6 heteroatoms. The van der Waals surface area contributed by atoms with Gasteiger partial charge in [0.05, 0.1) is 11.8 Å². The van der Waals surface area contributed by atoms with Crippen molar-refractivity contribution >= 4 is 29.2 Å². The molecule has 0 aromatic heterocycles. The van der Waals surface area contributed by atoms with E-state index in [-0.39, 0.29) is 5.91 Å². The van der Waals surface area contributed by atoms with Gasteiger partial charge in [0.1, 0.15) is 11.5 Å². The Balaban J connectivity index is 1.66. The van der Waals surface area contributed by atoms with Crippen LogP contribution in [0.3, 0.4) is 0 Å². The molecule has 2 aromatic rings. The first-order chi connectivity index (χ1) is 13.3. The van der Waals surface area contributed by atoms with E-state index in [4.69, 9.17) is 16.3 Å². The normalized spacial score (nSPS) is 19.2. The molecule has 0 spiro atoms. The van der Waals surface area contributed by atoms with Crippen LogP contribution in [0.25, 0.3) is 0 Å². The molecule has 2 N–H and O–H groups in total. The van der Waals surface area contributed by atoms with Gasteiger partial charge in [-0.3, -0.25) is 9.59 Å². The molecule has 1 aliphatic carbocycles. The van der Waals surface area contributed by atoms with E-state index >= 15 is 0 Å². The Morgan fingerprint density at radius 2 is 1.43 bits per heavy atom. The summed E-state index contributed by atoms with van der Waals surface area (Å²) in [6.07, 6.45) is 0.875. The summed E-state index contributed by atoms with van der Waals surface area (Å²) in [6, 6.07) is 14.0. The van der Waals surface area contributed by atoms with Crippen LogP contribution in [-0.4, -0.2) is 17.0 Å². The van der Waals surface area contributed by atoms with Gasteiger partial charge in [0.15, 0.2) is 0 Å². The van der Waals surface area contributed by atoms with Crippen molar-refractivity contribution in [2.75, 3.05) is 5.32 Å². The first kappa shape index (κ1) is 20.0. The van der Waals surface area contributed by atoms with Gasteiger partial charge in [0.25, 0.3) is 0 Å². The number of ether oxygens (including phenoxy) is 1. The first-order valence-electron chi connectivity index (χ1n) is 9.06.